The van der Waals surface area contributed by atoms with Crippen molar-refractivity contribution in [1.29, 1.82) is 0 Å². The van der Waals surface area contributed by atoms with E-state index in [1.54, 1.807) is 0 Å². The average molecular weight is 802 g/mol. The van der Waals surface area contributed by atoms with E-state index in [2.05, 4.69) is 203 Å². The molecule has 0 unspecified atom stereocenters. The van der Waals surface area contributed by atoms with Crippen LogP contribution in [0.4, 0.5) is 0 Å². The molecular weight excluding hydrogens is 769 g/mol. The zero-order valence-corrected chi connectivity index (χ0v) is 31.4. The van der Waals surface area contributed by atoms with Crippen LogP contribution in [0.5, 0.6) is 0 Å². The maximum Gasteiger partial charge on any atom is 0.104 e. The van der Waals surface area contributed by atoms with Crippen molar-refractivity contribution in [3.05, 3.63) is 214 Å². The van der Waals surface area contributed by atoms with Crippen molar-refractivity contribution in [3.8, 4) is 22.5 Å². The second-order valence-corrected chi connectivity index (χ2v) is 16.5. The van der Waals surface area contributed by atoms with Crippen molar-refractivity contribution < 1.29 is 0 Å². The lowest BCUT2D eigenvalue weighted by atomic mass is 10.0. The van der Waals surface area contributed by atoms with E-state index in [0.717, 1.165) is 16.9 Å². The van der Waals surface area contributed by atoms with Gasteiger partial charge in [0.2, 0.25) is 0 Å². The molecule has 0 aliphatic carbocycles. The van der Waals surface area contributed by atoms with Crippen LogP contribution in [0.3, 0.4) is 0 Å². The maximum atomic E-state index is 5.32. The Bertz CT molecular complexity index is 3240. The Labute approximate surface area is 322 Å². The first-order valence-electron chi connectivity index (χ1n) is 18.3. The van der Waals surface area contributed by atoms with Crippen LogP contribution >= 0.6 is 20.7 Å². The van der Waals surface area contributed by atoms with Crippen molar-refractivity contribution in [1.82, 2.24) is 9.13 Å². The summed E-state index contributed by atoms with van der Waals surface area (Å²) in [4.78, 5) is 5.32. The van der Waals surface area contributed by atoms with E-state index in [9.17, 15) is 0 Å². The lowest BCUT2D eigenvalue weighted by Crippen LogP contribution is -2.12. The third kappa shape index (κ3) is 5.01. The van der Waals surface area contributed by atoms with Gasteiger partial charge in [-0.1, -0.05) is 148 Å². The average Bonchev–Trinajstić information content (AvgIpc) is 3.76. The number of aromatic nitrogens is 2. The van der Waals surface area contributed by atoms with Gasteiger partial charge >= 0.3 is 0 Å². The third-order valence-electron chi connectivity index (χ3n) is 10.6. The monoisotopic (exact) mass is 801 g/mol. The zero-order chi connectivity index (χ0) is 35.6. The minimum atomic E-state index is -0.420. The molecule has 0 saturated heterocycles. The molecule has 11 rings (SSSR count). The van der Waals surface area contributed by atoms with Crippen LogP contribution in [0, 0.1) is 3.15 Å². The molecule has 8 aromatic carbocycles. The number of aliphatic imine (C=N–C) groups is 1. The smallest absolute Gasteiger partial charge is 0.104 e. The molecule has 0 amide bonds. The minimum absolute atomic E-state index is 0.420. The molecule has 0 N–H and O–H groups in total. The molecule has 1 aliphatic heterocycles. The molecule has 54 heavy (non-hydrogen) atoms. The highest BCUT2D eigenvalue weighted by Gasteiger charge is 2.17. The van der Waals surface area contributed by atoms with Crippen LogP contribution in [0.1, 0.15) is 11.1 Å². The SMILES string of the molecule is c1ccc(C2=c3ccccc3=IC(c3ccc(-n4c5ccccc5c5cc(-c6ccc7c(c6)c6ccccc6n7-c6ccccc6)ccc54)cc3)=N2)cc1. The molecule has 0 bridgehead atoms. The normalized spacial score (nSPS) is 12.8. The highest BCUT2D eigenvalue weighted by molar-refractivity contribution is 14.2. The van der Waals surface area contributed by atoms with Gasteiger partial charge in [0.15, 0.2) is 0 Å². The van der Waals surface area contributed by atoms with Gasteiger partial charge in [0, 0.05) is 52.4 Å². The lowest BCUT2D eigenvalue weighted by Gasteiger charge is -2.12. The molecular formula is C50H32IN3. The quantitative estimate of drug-likeness (QED) is 0.155. The Morgan fingerprint density at radius 3 is 1.46 bits per heavy atom. The third-order valence-corrected chi connectivity index (χ3v) is 13.5. The van der Waals surface area contributed by atoms with E-state index in [1.807, 2.05) is 0 Å². The Balaban J connectivity index is 1.01. The van der Waals surface area contributed by atoms with Crippen molar-refractivity contribution in [2.24, 2.45) is 4.99 Å². The number of fused-ring (bicyclic) bond motifs is 7. The highest BCUT2D eigenvalue weighted by Crippen LogP contribution is 2.38. The fourth-order valence-electron chi connectivity index (χ4n) is 8.13. The van der Waals surface area contributed by atoms with Crippen LogP contribution in [0.15, 0.2) is 199 Å². The number of para-hydroxylation sites is 3. The molecule has 254 valence electrons. The molecule has 1 aliphatic rings. The van der Waals surface area contributed by atoms with Gasteiger partial charge < -0.3 is 9.13 Å². The Morgan fingerprint density at radius 1 is 0.352 bits per heavy atom. The molecule has 0 atom stereocenters. The first-order chi connectivity index (χ1) is 26.8. The van der Waals surface area contributed by atoms with Gasteiger partial charge in [-0.2, -0.15) is 0 Å². The van der Waals surface area contributed by atoms with E-state index in [-0.39, 0.29) is 0 Å². The van der Waals surface area contributed by atoms with Gasteiger partial charge in [0.05, 0.1) is 27.8 Å². The minimum Gasteiger partial charge on any atom is -0.309 e. The summed E-state index contributed by atoms with van der Waals surface area (Å²) in [6.07, 6.45) is 0. The fourth-order valence-corrected chi connectivity index (χ4v) is 10.8. The summed E-state index contributed by atoms with van der Waals surface area (Å²) in [6, 6.07) is 70.5. The summed E-state index contributed by atoms with van der Waals surface area (Å²) in [7, 11) is 0. The molecule has 0 saturated carbocycles. The molecule has 10 aromatic rings. The number of hydrogen-bond donors (Lipinski definition) is 0. The van der Waals surface area contributed by atoms with E-state index in [1.165, 1.54) is 78.1 Å². The second-order valence-electron chi connectivity index (χ2n) is 13.7. The highest BCUT2D eigenvalue weighted by atomic mass is 127. The molecule has 0 radical (unpaired) electrons. The summed E-state index contributed by atoms with van der Waals surface area (Å²) in [5.41, 5.74) is 13.0. The number of nitrogens with zero attached hydrogens (tertiary/aromatic N) is 3. The summed E-state index contributed by atoms with van der Waals surface area (Å²) >= 11 is -0.420. The number of halogens is 1. The fraction of sp³-hybridized carbons (Fsp3) is 0. The Hall–Kier alpha value is -6.37. The van der Waals surface area contributed by atoms with Crippen molar-refractivity contribution in [2.45, 2.75) is 0 Å². The summed E-state index contributed by atoms with van der Waals surface area (Å²) < 4.78 is 7.40. The zero-order valence-electron chi connectivity index (χ0n) is 29.2. The lowest BCUT2D eigenvalue weighted by molar-refractivity contribution is 1.18. The van der Waals surface area contributed by atoms with Crippen molar-refractivity contribution in [3.63, 3.8) is 0 Å². The van der Waals surface area contributed by atoms with Crippen molar-refractivity contribution >= 4 is 73.8 Å². The van der Waals surface area contributed by atoms with Crippen molar-refractivity contribution in [2.75, 3.05) is 0 Å². The molecule has 3 nitrogen and oxygen atoms in total. The van der Waals surface area contributed by atoms with E-state index < -0.39 is 20.7 Å². The number of hydrogen-bond acceptors (Lipinski definition) is 1. The van der Waals surface area contributed by atoms with Crippen LogP contribution < -0.4 is 5.22 Å². The van der Waals surface area contributed by atoms with Crippen LogP contribution in [-0.2, 0) is 0 Å². The molecule has 3 heterocycles. The number of rotatable bonds is 5. The van der Waals surface area contributed by atoms with Crippen LogP contribution in [0.2, 0.25) is 0 Å². The van der Waals surface area contributed by atoms with Gasteiger partial charge in [0.25, 0.3) is 0 Å². The van der Waals surface area contributed by atoms with Gasteiger partial charge in [0.1, 0.15) is 3.72 Å². The predicted octanol–water partition coefficient (Wildman–Crippen LogP) is 12.4. The largest absolute Gasteiger partial charge is 0.309 e. The maximum absolute atomic E-state index is 5.32. The summed E-state index contributed by atoms with van der Waals surface area (Å²) in [5, 5.41) is 6.29. The first kappa shape index (κ1) is 31.2. The van der Waals surface area contributed by atoms with Crippen LogP contribution in [0.25, 0.3) is 71.8 Å². The van der Waals surface area contributed by atoms with Gasteiger partial charge in [-0.15, -0.1) is 0 Å². The first-order valence-corrected chi connectivity index (χ1v) is 20.4. The second kappa shape index (κ2) is 12.6. The topological polar surface area (TPSA) is 22.2 Å². The molecule has 0 spiro atoms. The van der Waals surface area contributed by atoms with E-state index >= 15 is 0 Å². The molecule has 0 fully saturated rings. The molecule has 2 aromatic heterocycles. The standard InChI is InChI=1S/C50H32IN3/c1-3-13-33(14-4-1)49-41-19-7-10-20-44(41)51-50(52-49)34-23-27-38(28-24-34)54-46-22-12-9-18-40(46)43-32-36(26-30-48(43)54)35-25-29-47-42(31-35)39-17-8-11-21-45(39)53(47)37-15-5-2-6-16-37/h1-32H. The predicted molar refractivity (Wildman–Crippen MR) is 235 cm³/mol. The summed E-state index contributed by atoms with van der Waals surface area (Å²) in [5.74, 6) is 0. The number of benzene rings is 8. The van der Waals surface area contributed by atoms with Gasteiger partial charge in [-0.05, 0) is 77.9 Å². The molecule has 4 heteroatoms. The van der Waals surface area contributed by atoms with E-state index in [0.29, 0.717) is 0 Å². The van der Waals surface area contributed by atoms with E-state index in [4.69, 9.17) is 4.99 Å². The van der Waals surface area contributed by atoms with Gasteiger partial charge in [-0.25, -0.2) is 4.99 Å². The summed E-state index contributed by atoms with van der Waals surface area (Å²) in [6.45, 7) is 0. The Kier molecular flexibility index (Phi) is 7.30. The van der Waals surface area contributed by atoms with Crippen LogP contribution in [-0.4, -0.2) is 12.9 Å². The Morgan fingerprint density at radius 2 is 0.833 bits per heavy atom. The van der Waals surface area contributed by atoms with Gasteiger partial charge in [-0.3, -0.25) is 0 Å².